The molecule has 0 bridgehead atoms. The van der Waals surface area contributed by atoms with Crippen molar-refractivity contribution in [2.45, 2.75) is 76.0 Å². The zero-order valence-electron chi connectivity index (χ0n) is 14.4. The predicted octanol–water partition coefficient (Wildman–Crippen LogP) is 1.68. The van der Waals surface area contributed by atoms with E-state index in [-0.39, 0.29) is 12.1 Å². The summed E-state index contributed by atoms with van der Waals surface area (Å²) in [5, 5.41) is 13.6. The lowest BCUT2D eigenvalue weighted by atomic mass is 9.78. The molecule has 4 heteroatoms. The van der Waals surface area contributed by atoms with Gasteiger partial charge in [-0.25, -0.2) is 0 Å². The number of hydrogen-bond acceptors (Lipinski definition) is 4. The Balaban J connectivity index is 1.96. The Labute approximate surface area is 130 Å². The summed E-state index contributed by atoms with van der Waals surface area (Å²) >= 11 is 0. The molecule has 21 heavy (non-hydrogen) atoms. The topological polar surface area (TPSA) is 38.7 Å². The number of aliphatic hydroxyl groups is 1. The lowest BCUT2D eigenvalue weighted by Gasteiger charge is -2.47. The average Bonchev–Trinajstić information content (AvgIpc) is 2.47. The largest absolute Gasteiger partial charge is 0.394 e. The van der Waals surface area contributed by atoms with Crippen LogP contribution in [0, 0.1) is 0 Å². The molecule has 0 spiro atoms. The maximum Gasteiger partial charge on any atom is 0.0613 e. The summed E-state index contributed by atoms with van der Waals surface area (Å²) < 4.78 is 0. The highest BCUT2D eigenvalue weighted by molar-refractivity contribution is 4.98. The molecule has 2 aliphatic rings. The third-order valence-corrected chi connectivity index (χ3v) is 5.56. The fourth-order valence-electron chi connectivity index (χ4n) is 4.31. The van der Waals surface area contributed by atoms with Gasteiger partial charge < -0.3 is 20.2 Å². The minimum Gasteiger partial charge on any atom is -0.394 e. The van der Waals surface area contributed by atoms with Crippen LogP contribution in [0.25, 0.3) is 0 Å². The van der Waals surface area contributed by atoms with Crippen LogP contribution in [0.2, 0.25) is 0 Å². The van der Waals surface area contributed by atoms with Crippen LogP contribution >= 0.6 is 0 Å². The van der Waals surface area contributed by atoms with Crippen LogP contribution in [0.15, 0.2) is 0 Å². The molecule has 1 saturated heterocycles. The van der Waals surface area contributed by atoms with E-state index in [2.05, 4.69) is 43.1 Å². The van der Waals surface area contributed by atoms with Crippen molar-refractivity contribution in [2.75, 3.05) is 33.8 Å². The van der Waals surface area contributed by atoms with Gasteiger partial charge in [-0.2, -0.15) is 0 Å². The molecule has 4 nitrogen and oxygen atoms in total. The maximum absolute atomic E-state index is 9.95. The summed E-state index contributed by atoms with van der Waals surface area (Å²) in [6.07, 6.45) is 7.27. The van der Waals surface area contributed by atoms with Gasteiger partial charge in [0.05, 0.1) is 6.61 Å². The molecule has 1 aliphatic carbocycles. The maximum atomic E-state index is 9.95. The second-order valence-electron chi connectivity index (χ2n) is 7.69. The van der Waals surface area contributed by atoms with E-state index >= 15 is 0 Å². The first kappa shape index (κ1) is 17.2. The first-order valence-electron chi connectivity index (χ1n) is 8.75. The number of hydrogen-bond donors (Lipinski definition) is 2. The molecule has 1 saturated carbocycles. The number of piperidine rings is 1. The van der Waals surface area contributed by atoms with Gasteiger partial charge in [0.2, 0.25) is 0 Å². The second kappa shape index (κ2) is 7.40. The highest BCUT2D eigenvalue weighted by Gasteiger charge is 2.39. The summed E-state index contributed by atoms with van der Waals surface area (Å²) in [4.78, 5) is 5.06. The first-order chi connectivity index (χ1) is 9.96. The Morgan fingerprint density at radius 3 is 2.48 bits per heavy atom. The van der Waals surface area contributed by atoms with Crippen LogP contribution in [0.4, 0.5) is 0 Å². The van der Waals surface area contributed by atoms with E-state index in [4.69, 9.17) is 0 Å². The summed E-state index contributed by atoms with van der Waals surface area (Å²) in [6, 6.07) is 1.77. The van der Waals surface area contributed by atoms with Gasteiger partial charge in [0.15, 0.2) is 0 Å². The minimum absolute atomic E-state index is 0.0587. The van der Waals surface area contributed by atoms with Crippen LogP contribution in [-0.2, 0) is 0 Å². The number of likely N-dealkylation sites (tertiary alicyclic amines) is 1. The van der Waals surface area contributed by atoms with Crippen molar-refractivity contribution >= 4 is 0 Å². The minimum atomic E-state index is -0.0587. The predicted molar refractivity (Wildman–Crippen MR) is 88.6 cm³/mol. The van der Waals surface area contributed by atoms with Crippen molar-refractivity contribution in [3.8, 4) is 0 Å². The van der Waals surface area contributed by atoms with E-state index in [0.29, 0.717) is 12.1 Å². The molecular formula is C17H35N3O. The van der Waals surface area contributed by atoms with Crippen molar-refractivity contribution in [3.63, 3.8) is 0 Å². The third-order valence-electron chi connectivity index (χ3n) is 5.56. The van der Waals surface area contributed by atoms with Crippen LogP contribution < -0.4 is 5.32 Å². The van der Waals surface area contributed by atoms with E-state index in [9.17, 15) is 5.11 Å². The second-order valence-corrected chi connectivity index (χ2v) is 7.69. The van der Waals surface area contributed by atoms with Gasteiger partial charge in [-0.1, -0.05) is 13.8 Å². The molecule has 2 atom stereocenters. The smallest absolute Gasteiger partial charge is 0.0613 e. The fraction of sp³-hybridized carbons (Fsp3) is 1.00. The zero-order chi connectivity index (χ0) is 15.5. The monoisotopic (exact) mass is 297 g/mol. The molecule has 1 heterocycles. The number of nitrogens with zero attached hydrogens (tertiary/aromatic N) is 2. The van der Waals surface area contributed by atoms with Gasteiger partial charge in [0.1, 0.15) is 0 Å². The molecule has 0 aromatic carbocycles. The Hall–Kier alpha value is -0.160. The molecular weight excluding hydrogens is 262 g/mol. The average molecular weight is 297 g/mol. The van der Waals surface area contributed by atoms with Gasteiger partial charge in [0.25, 0.3) is 0 Å². The number of aliphatic hydroxyl groups excluding tert-OH is 1. The highest BCUT2D eigenvalue weighted by atomic mass is 16.3. The molecule has 2 unspecified atom stereocenters. The molecule has 0 radical (unpaired) electrons. The molecule has 0 aromatic heterocycles. The van der Waals surface area contributed by atoms with Crippen LogP contribution in [0.3, 0.4) is 0 Å². The summed E-state index contributed by atoms with van der Waals surface area (Å²) in [5.74, 6) is 0. The van der Waals surface area contributed by atoms with Crippen molar-refractivity contribution < 1.29 is 5.11 Å². The third kappa shape index (κ3) is 4.41. The van der Waals surface area contributed by atoms with Gasteiger partial charge in [-0.3, -0.25) is 0 Å². The Bertz CT molecular complexity index is 315. The SMILES string of the molecule is CC(C)NC1(CO)CCCC(N(C)C2CCN(C)CC2)C1. The van der Waals surface area contributed by atoms with Crippen LogP contribution in [-0.4, -0.2) is 72.4 Å². The van der Waals surface area contributed by atoms with E-state index < -0.39 is 0 Å². The van der Waals surface area contributed by atoms with Gasteiger partial charge in [-0.15, -0.1) is 0 Å². The Morgan fingerprint density at radius 2 is 1.90 bits per heavy atom. The van der Waals surface area contributed by atoms with Gasteiger partial charge >= 0.3 is 0 Å². The van der Waals surface area contributed by atoms with Crippen LogP contribution in [0.1, 0.15) is 52.4 Å². The van der Waals surface area contributed by atoms with E-state index in [1.54, 1.807) is 0 Å². The summed E-state index contributed by atoms with van der Waals surface area (Å²) in [6.45, 7) is 7.07. The Morgan fingerprint density at radius 1 is 1.24 bits per heavy atom. The van der Waals surface area contributed by atoms with Crippen molar-refractivity contribution in [1.29, 1.82) is 0 Å². The number of nitrogens with one attached hydrogen (secondary N) is 1. The normalized spacial score (nSPS) is 33.0. The Kier molecular flexibility index (Phi) is 6.06. The fourth-order valence-corrected chi connectivity index (χ4v) is 4.31. The molecule has 1 aliphatic heterocycles. The number of rotatable bonds is 5. The molecule has 2 fully saturated rings. The molecule has 2 rings (SSSR count). The molecule has 0 amide bonds. The lowest BCUT2D eigenvalue weighted by Crippen LogP contribution is -2.58. The van der Waals surface area contributed by atoms with Crippen LogP contribution in [0.5, 0.6) is 0 Å². The highest BCUT2D eigenvalue weighted by Crippen LogP contribution is 2.33. The van der Waals surface area contributed by atoms with Gasteiger partial charge in [0, 0.05) is 23.7 Å². The molecule has 124 valence electrons. The van der Waals surface area contributed by atoms with Crippen molar-refractivity contribution in [3.05, 3.63) is 0 Å². The first-order valence-corrected chi connectivity index (χ1v) is 8.75. The molecule has 2 N–H and O–H groups in total. The lowest BCUT2D eigenvalue weighted by molar-refractivity contribution is 0.0333. The molecule has 0 aromatic rings. The van der Waals surface area contributed by atoms with Crippen molar-refractivity contribution in [1.82, 2.24) is 15.1 Å². The summed E-state index contributed by atoms with van der Waals surface area (Å²) in [5.41, 5.74) is -0.0587. The van der Waals surface area contributed by atoms with E-state index in [1.165, 1.54) is 38.8 Å². The zero-order valence-corrected chi connectivity index (χ0v) is 14.4. The van der Waals surface area contributed by atoms with Gasteiger partial charge in [-0.05, 0) is 65.7 Å². The quantitative estimate of drug-likeness (QED) is 0.810. The standard InChI is InChI=1S/C17H35N3O/c1-14(2)18-17(13-21)9-5-6-16(12-17)20(4)15-7-10-19(3)11-8-15/h14-16,18,21H,5-13H2,1-4H3. The summed E-state index contributed by atoms with van der Waals surface area (Å²) in [7, 11) is 4.53. The van der Waals surface area contributed by atoms with Crippen molar-refractivity contribution in [2.24, 2.45) is 0 Å². The van der Waals surface area contributed by atoms with E-state index in [1.807, 2.05) is 0 Å². The van der Waals surface area contributed by atoms with E-state index in [0.717, 1.165) is 18.9 Å².